The Morgan fingerprint density at radius 1 is 1.26 bits per heavy atom. The molecule has 1 saturated heterocycles. The normalized spacial score (nSPS) is 21.9. The number of hydrogen-bond acceptors (Lipinski definition) is 4. The van der Waals surface area contributed by atoms with Gasteiger partial charge in [0.25, 0.3) is 0 Å². The van der Waals surface area contributed by atoms with Crippen LogP contribution in [0.2, 0.25) is 0 Å². The van der Waals surface area contributed by atoms with Gasteiger partial charge in [-0.2, -0.15) is 0 Å². The van der Waals surface area contributed by atoms with Crippen LogP contribution in [0.5, 0.6) is 5.75 Å². The molecule has 4 nitrogen and oxygen atoms in total. The Morgan fingerprint density at radius 3 is 2.32 bits per heavy atom. The first-order valence-electron chi connectivity index (χ1n) is 6.47. The molecule has 0 aliphatic carbocycles. The second-order valence-corrected chi connectivity index (χ2v) is 5.72. The fourth-order valence-electron chi connectivity index (χ4n) is 1.61. The summed E-state index contributed by atoms with van der Waals surface area (Å²) in [6, 6.07) is 6.96. The summed E-state index contributed by atoms with van der Waals surface area (Å²) in [6.07, 6.45) is 0.492. The zero-order valence-corrected chi connectivity index (χ0v) is 11.8. The topological polar surface area (TPSA) is 48.1 Å². The van der Waals surface area contributed by atoms with E-state index < -0.39 is 5.60 Å². The number of esters is 1. The average molecular weight is 264 g/mol. The summed E-state index contributed by atoms with van der Waals surface area (Å²) < 4.78 is 16.1. The quantitative estimate of drug-likeness (QED) is 0.619. The third kappa shape index (κ3) is 4.24. The third-order valence-electron chi connectivity index (χ3n) is 2.74. The highest BCUT2D eigenvalue weighted by molar-refractivity contribution is 5.89. The molecule has 1 aliphatic rings. The van der Waals surface area contributed by atoms with Crippen molar-refractivity contribution in [3.8, 4) is 5.75 Å². The highest BCUT2D eigenvalue weighted by atomic mass is 16.6. The molecule has 2 unspecified atom stereocenters. The summed E-state index contributed by atoms with van der Waals surface area (Å²) in [4.78, 5) is 11.8. The van der Waals surface area contributed by atoms with Crippen LogP contribution in [0, 0.1) is 0 Å². The van der Waals surface area contributed by atoms with Crippen molar-refractivity contribution in [1.82, 2.24) is 0 Å². The molecule has 0 radical (unpaired) electrons. The van der Waals surface area contributed by atoms with Gasteiger partial charge in [-0.15, -0.1) is 0 Å². The van der Waals surface area contributed by atoms with E-state index in [9.17, 15) is 4.79 Å². The molecule has 0 saturated carbocycles. The van der Waals surface area contributed by atoms with Gasteiger partial charge in [-0.1, -0.05) is 0 Å². The largest absolute Gasteiger partial charge is 0.491 e. The lowest BCUT2D eigenvalue weighted by atomic mass is 10.1. The molecule has 0 N–H and O–H groups in total. The first kappa shape index (κ1) is 13.9. The molecular formula is C15H20O4. The van der Waals surface area contributed by atoms with Gasteiger partial charge in [0.15, 0.2) is 0 Å². The van der Waals surface area contributed by atoms with Gasteiger partial charge in [-0.05, 0) is 52.0 Å². The van der Waals surface area contributed by atoms with Crippen LogP contribution in [0.1, 0.15) is 38.1 Å². The van der Waals surface area contributed by atoms with Gasteiger partial charge in [0, 0.05) is 0 Å². The molecule has 0 bridgehead atoms. The molecule has 0 amide bonds. The molecule has 1 fully saturated rings. The molecule has 1 heterocycles. The first-order valence-corrected chi connectivity index (χ1v) is 6.47. The smallest absolute Gasteiger partial charge is 0.338 e. The van der Waals surface area contributed by atoms with Crippen molar-refractivity contribution in [2.75, 3.05) is 6.61 Å². The van der Waals surface area contributed by atoms with Gasteiger partial charge in [-0.3, -0.25) is 0 Å². The molecule has 1 aliphatic heterocycles. The maximum absolute atomic E-state index is 11.8. The number of benzene rings is 1. The average Bonchev–Trinajstić information content (AvgIpc) is 3.01. The summed E-state index contributed by atoms with van der Waals surface area (Å²) in [5, 5.41) is 0. The van der Waals surface area contributed by atoms with Crippen LogP contribution in [0.4, 0.5) is 0 Å². The van der Waals surface area contributed by atoms with Gasteiger partial charge in [0.1, 0.15) is 24.1 Å². The highest BCUT2D eigenvalue weighted by Gasteiger charge is 2.34. The predicted molar refractivity (Wildman–Crippen MR) is 71.4 cm³/mol. The van der Waals surface area contributed by atoms with Gasteiger partial charge in [0.05, 0.1) is 11.7 Å². The van der Waals surface area contributed by atoms with E-state index in [0.717, 1.165) is 5.75 Å². The standard InChI is InChI=1S/C15H20O4/c1-10-13(18-10)9-17-12-7-5-11(6-8-12)14(16)19-15(2,3)4/h5-8,10,13H,9H2,1-4H3. The minimum absolute atomic E-state index is 0.200. The third-order valence-corrected chi connectivity index (χ3v) is 2.74. The number of carbonyl (C=O) groups is 1. The summed E-state index contributed by atoms with van der Waals surface area (Å²) >= 11 is 0. The summed E-state index contributed by atoms with van der Waals surface area (Å²) in [6.45, 7) is 8.10. The molecule has 0 spiro atoms. The lowest BCUT2D eigenvalue weighted by Gasteiger charge is -2.19. The van der Waals surface area contributed by atoms with Crippen LogP contribution in [0.3, 0.4) is 0 Å². The number of rotatable bonds is 4. The van der Waals surface area contributed by atoms with E-state index in [2.05, 4.69) is 0 Å². The van der Waals surface area contributed by atoms with Crippen LogP contribution >= 0.6 is 0 Å². The van der Waals surface area contributed by atoms with Crippen molar-refractivity contribution in [1.29, 1.82) is 0 Å². The van der Waals surface area contributed by atoms with Crippen molar-refractivity contribution in [2.45, 2.75) is 45.5 Å². The zero-order chi connectivity index (χ0) is 14.0. The van der Waals surface area contributed by atoms with E-state index in [4.69, 9.17) is 14.2 Å². The Kier molecular flexibility index (Phi) is 3.80. The Labute approximate surface area is 113 Å². The summed E-state index contributed by atoms with van der Waals surface area (Å²) in [5.74, 6) is 0.410. The maximum Gasteiger partial charge on any atom is 0.338 e. The molecule has 1 aromatic rings. The van der Waals surface area contributed by atoms with Crippen molar-refractivity contribution >= 4 is 5.97 Å². The maximum atomic E-state index is 11.8. The molecule has 2 rings (SSSR count). The van der Waals surface area contributed by atoms with Gasteiger partial charge >= 0.3 is 5.97 Å². The minimum atomic E-state index is -0.480. The summed E-state index contributed by atoms with van der Waals surface area (Å²) in [5.41, 5.74) is 0.0458. The van der Waals surface area contributed by atoms with Crippen molar-refractivity contribution < 1.29 is 19.0 Å². The molecule has 104 valence electrons. The lowest BCUT2D eigenvalue weighted by molar-refractivity contribution is 0.00695. The fraction of sp³-hybridized carbons (Fsp3) is 0.533. The Balaban J connectivity index is 1.88. The molecule has 1 aromatic carbocycles. The van der Waals surface area contributed by atoms with E-state index in [0.29, 0.717) is 18.3 Å². The van der Waals surface area contributed by atoms with Crippen LogP contribution in [-0.2, 0) is 9.47 Å². The first-order chi connectivity index (χ1) is 8.85. The van der Waals surface area contributed by atoms with Crippen LogP contribution in [-0.4, -0.2) is 30.4 Å². The summed E-state index contributed by atoms with van der Waals surface area (Å²) in [7, 11) is 0. The van der Waals surface area contributed by atoms with Gasteiger partial charge in [0.2, 0.25) is 0 Å². The Hall–Kier alpha value is -1.55. The molecule has 19 heavy (non-hydrogen) atoms. The minimum Gasteiger partial charge on any atom is -0.491 e. The number of hydrogen-bond donors (Lipinski definition) is 0. The van der Waals surface area contributed by atoms with Crippen molar-refractivity contribution in [2.24, 2.45) is 0 Å². The monoisotopic (exact) mass is 264 g/mol. The Bertz CT molecular complexity index is 444. The highest BCUT2D eigenvalue weighted by Crippen LogP contribution is 2.22. The second-order valence-electron chi connectivity index (χ2n) is 5.72. The van der Waals surface area contributed by atoms with Crippen LogP contribution < -0.4 is 4.74 Å². The number of carbonyl (C=O) groups excluding carboxylic acids is 1. The van der Waals surface area contributed by atoms with Crippen LogP contribution in [0.15, 0.2) is 24.3 Å². The van der Waals surface area contributed by atoms with Crippen LogP contribution in [0.25, 0.3) is 0 Å². The Morgan fingerprint density at radius 2 is 1.84 bits per heavy atom. The van der Waals surface area contributed by atoms with Crippen molar-refractivity contribution in [3.63, 3.8) is 0 Å². The molecule has 4 heteroatoms. The SMILES string of the molecule is CC1OC1COc1ccc(C(=O)OC(C)(C)C)cc1. The molecular weight excluding hydrogens is 244 g/mol. The van der Waals surface area contributed by atoms with E-state index >= 15 is 0 Å². The predicted octanol–water partition coefficient (Wildman–Crippen LogP) is 2.81. The van der Waals surface area contributed by atoms with E-state index in [-0.39, 0.29) is 12.1 Å². The number of ether oxygens (including phenoxy) is 3. The fourth-order valence-corrected chi connectivity index (χ4v) is 1.61. The number of epoxide rings is 1. The van der Waals surface area contributed by atoms with E-state index in [1.807, 2.05) is 27.7 Å². The zero-order valence-electron chi connectivity index (χ0n) is 11.8. The van der Waals surface area contributed by atoms with E-state index in [1.54, 1.807) is 24.3 Å². The second kappa shape index (κ2) is 5.21. The van der Waals surface area contributed by atoms with E-state index in [1.165, 1.54) is 0 Å². The van der Waals surface area contributed by atoms with Crippen molar-refractivity contribution in [3.05, 3.63) is 29.8 Å². The molecule has 0 aromatic heterocycles. The van der Waals surface area contributed by atoms with Gasteiger partial charge in [-0.25, -0.2) is 4.79 Å². The van der Waals surface area contributed by atoms with Gasteiger partial charge < -0.3 is 14.2 Å². The lowest BCUT2D eigenvalue weighted by Crippen LogP contribution is -2.23. The molecule has 2 atom stereocenters.